The Bertz CT molecular complexity index is 211. The van der Waals surface area contributed by atoms with E-state index in [1.807, 2.05) is 13.8 Å². The van der Waals surface area contributed by atoms with Crippen molar-refractivity contribution in [3.05, 3.63) is 0 Å². The summed E-state index contributed by atoms with van der Waals surface area (Å²) in [6.07, 6.45) is 0.282. The van der Waals surface area contributed by atoms with Crippen LogP contribution in [0.4, 0.5) is 13.2 Å². The van der Waals surface area contributed by atoms with Crippen molar-refractivity contribution in [2.24, 2.45) is 0 Å². The maximum Gasteiger partial charge on any atom is 0.441 e. The minimum absolute atomic E-state index is 0.0419. The number of halogens is 3. The Kier molecular flexibility index (Phi) is 7.57. The quantitative estimate of drug-likeness (QED) is 0.683. The zero-order chi connectivity index (χ0) is 12.6. The van der Waals surface area contributed by atoms with Gasteiger partial charge in [0.15, 0.2) is 0 Å². The third-order valence-electron chi connectivity index (χ3n) is 1.73. The van der Waals surface area contributed by atoms with E-state index in [2.05, 4.69) is 10.6 Å². The zero-order valence-electron chi connectivity index (χ0n) is 9.36. The molecule has 0 aliphatic rings. The molecule has 3 nitrogen and oxygen atoms in total. The van der Waals surface area contributed by atoms with Crippen molar-refractivity contribution >= 4 is 17.7 Å². The summed E-state index contributed by atoms with van der Waals surface area (Å²) in [6, 6.07) is 0.0419. The molecule has 0 aliphatic heterocycles. The average molecular weight is 258 g/mol. The first-order chi connectivity index (χ1) is 7.35. The normalized spacial score (nSPS) is 13.6. The van der Waals surface area contributed by atoms with E-state index in [0.717, 1.165) is 6.54 Å². The Morgan fingerprint density at radius 1 is 1.44 bits per heavy atom. The van der Waals surface area contributed by atoms with E-state index in [1.165, 1.54) is 0 Å². The van der Waals surface area contributed by atoms with E-state index < -0.39 is 5.51 Å². The topological polar surface area (TPSA) is 41.1 Å². The largest absolute Gasteiger partial charge is 0.441 e. The van der Waals surface area contributed by atoms with E-state index in [9.17, 15) is 18.0 Å². The van der Waals surface area contributed by atoms with Gasteiger partial charge in [-0.2, -0.15) is 13.2 Å². The SMILES string of the molecule is CCNC(C)CC(=O)NCCSC(F)(F)F. The second kappa shape index (κ2) is 7.78. The number of rotatable bonds is 7. The van der Waals surface area contributed by atoms with Gasteiger partial charge in [0.2, 0.25) is 5.91 Å². The molecule has 0 aromatic heterocycles. The van der Waals surface area contributed by atoms with Gasteiger partial charge in [-0.25, -0.2) is 0 Å². The smallest absolute Gasteiger partial charge is 0.355 e. The highest BCUT2D eigenvalue weighted by atomic mass is 32.2. The van der Waals surface area contributed by atoms with Crippen LogP contribution in [0.2, 0.25) is 0 Å². The Hall–Kier alpha value is -0.430. The van der Waals surface area contributed by atoms with Gasteiger partial charge in [-0.05, 0) is 25.2 Å². The third kappa shape index (κ3) is 10.1. The molecule has 0 aliphatic carbocycles. The van der Waals surface area contributed by atoms with Crippen molar-refractivity contribution in [2.75, 3.05) is 18.8 Å². The lowest BCUT2D eigenvalue weighted by Crippen LogP contribution is -2.34. The third-order valence-corrected chi connectivity index (χ3v) is 2.47. The van der Waals surface area contributed by atoms with E-state index in [0.29, 0.717) is 0 Å². The van der Waals surface area contributed by atoms with Crippen molar-refractivity contribution < 1.29 is 18.0 Å². The number of nitrogens with one attached hydrogen (secondary N) is 2. The highest BCUT2D eigenvalue weighted by Gasteiger charge is 2.27. The number of hydrogen-bond donors (Lipinski definition) is 2. The summed E-state index contributed by atoms with van der Waals surface area (Å²) in [7, 11) is 0. The number of alkyl halides is 3. The summed E-state index contributed by atoms with van der Waals surface area (Å²) < 4.78 is 35.2. The van der Waals surface area contributed by atoms with Crippen molar-refractivity contribution in [1.29, 1.82) is 0 Å². The highest BCUT2D eigenvalue weighted by Crippen LogP contribution is 2.29. The molecule has 16 heavy (non-hydrogen) atoms. The standard InChI is InChI=1S/C9H17F3N2OS/c1-3-13-7(2)6-8(15)14-4-5-16-9(10,11)12/h7,13H,3-6H2,1-2H3,(H,14,15). The molecule has 0 spiro atoms. The Labute approximate surface area is 97.5 Å². The molecule has 0 bridgehead atoms. The van der Waals surface area contributed by atoms with Crippen molar-refractivity contribution in [3.63, 3.8) is 0 Å². The predicted octanol–water partition coefficient (Wildman–Crippen LogP) is 1.74. The fourth-order valence-electron chi connectivity index (χ4n) is 1.13. The van der Waals surface area contributed by atoms with Crippen LogP contribution < -0.4 is 10.6 Å². The lowest BCUT2D eigenvalue weighted by Gasteiger charge is -2.12. The van der Waals surface area contributed by atoms with Crippen LogP contribution in [0.15, 0.2) is 0 Å². The van der Waals surface area contributed by atoms with Gasteiger partial charge in [0.25, 0.3) is 0 Å². The van der Waals surface area contributed by atoms with Gasteiger partial charge in [-0.15, -0.1) is 0 Å². The van der Waals surface area contributed by atoms with Crippen molar-refractivity contribution in [2.45, 2.75) is 31.8 Å². The van der Waals surface area contributed by atoms with E-state index in [4.69, 9.17) is 0 Å². The molecule has 1 atom stereocenters. The number of carbonyl (C=O) groups excluding carboxylic acids is 1. The summed E-state index contributed by atoms with van der Waals surface area (Å²) in [5, 5.41) is 5.49. The second-order valence-corrected chi connectivity index (χ2v) is 4.47. The maximum absolute atomic E-state index is 11.7. The Morgan fingerprint density at radius 3 is 2.56 bits per heavy atom. The lowest BCUT2D eigenvalue weighted by molar-refractivity contribution is -0.121. The van der Waals surface area contributed by atoms with Gasteiger partial charge in [0.1, 0.15) is 0 Å². The van der Waals surface area contributed by atoms with Crippen LogP contribution in [0.1, 0.15) is 20.3 Å². The van der Waals surface area contributed by atoms with Gasteiger partial charge in [0, 0.05) is 24.8 Å². The maximum atomic E-state index is 11.7. The number of thioether (sulfide) groups is 1. The van der Waals surface area contributed by atoms with E-state index in [-0.39, 0.29) is 42.4 Å². The second-order valence-electron chi connectivity index (χ2n) is 3.31. The molecule has 1 amide bonds. The number of carbonyl (C=O) groups is 1. The first-order valence-electron chi connectivity index (χ1n) is 5.06. The number of amides is 1. The molecule has 0 rings (SSSR count). The molecular formula is C9H17F3N2OS. The fourth-order valence-corrected chi connectivity index (χ4v) is 1.56. The van der Waals surface area contributed by atoms with Crippen LogP contribution in [0.5, 0.6) is 0 Å². The fraction of sp³-hybridized carbons (Fsp3) is 0.889. The molecule has 7 heteroatoms. The van der Waals surface area contributed by atoms with Gasteiger partial charge in [-0.3, -0.25) is 4.79 Å². The predicted molar refractivity (Wildman–Crippen MR) is 59.3 cm³/mol. The molecule has 0 radical (unpaired) electrons. The first kappa shape index (κ1) is 15.6. The van der Waals surface area contributed by atoms with Crippen LogP contribution in [-0.4, -0.2) is 36.3 Å². The van der Waals surface area contributed by atoms with Crippen LogP contribution in [0.3, 0.4) is 0 Å². The molecule has 0 fully saturated rings. The molecule has 0 heterocycles. The van der Waals surface area contributed by atoms with Crippen LogP contribution in [-0.2, 0) is 4.79 Å². The van der Waals surface area contributed by atoms with Crippen LogP contribution in [0.25, 0.3) is 0 Å². The van der Waals surface area contributed by atoms with Gasteiger partial charge in [-0.1, -0.05) is 6.92 Å². The molecule has 0 saturated carbocycles. The molecule has 2 N–H and O–H groups in total. The molecule has 0 saturated heterocycles. The summed E-state index contributed by atoms with van der Waals surface area (Å²) >= 11 is -0.126. The van der Waals surface area contributed by atoms with Gasteiger partial charge in [0.05, 0.1) is 0 Å². The van der Waals surface area contributed by atoms with Crippen molar-refractivity contribution in [3.8, 4) is 0 Å². The first-order valence-corrected chi connectivity index (χ1v) is 6.04. The highest BCUT2D eigenvalue weighted by molar-refractivity contribution is 8.00. The van der Waals surface area contributed by atoms with E-state index >= 15 is 0 Å². The Balaban J connectivity index is 3.51. The molecule has 1 unspecified atom stereocenters. The molecular weight excluding hydrogens is 241 g/mol. The summed E-state index contributed by atoms with van der Waals surface area (Å²) in [4.78, 5) is 11.2. The molecule has 96 valence electrons. The summed E-state index contributed by atoms with van der Waals surface area (Å²) in [5.74, 6) is -0.374. The molecule has 0 aromatic carbocycles. The molecule has 0 aromatic rings. The Morgan fingerprint density at radius 2 is 2.06 bits per heavy atom. The van der Waals surface area contributed by atoms with Crippen LogP contribution >= 0.6 is 11.8 Å². The monoisotopic (exact) mass is 258 g/mol. The zero-order valence-corrected chi connectivity index (χ0v) is 10.2. The van der Waals surface area contributed by atoms with Crippen LogP contribution in [0, 0.1) is 0 Å². The minimum Gasteiger partial charge on any atom is -0.355 e. The van der Waals surface area contributed by atoms with Gasteiger partial charge < -0.3 is 10.6 Å². The lowest BCUT2D eigenvalue weighted by atomic mass is 10.2. The minimum atomic E-state index is -4.22. The number of hydrogen-bond acceptors (Lipinski definition) is 3. The summed E-state index contributed by atoms with van der Waals surface area (Å²) in [6.45, 7) is 4.59. The van der Waals surface area contributed by atoms with Gasteiger partial charge >= 0.3 is 5.51 Å². The summed E-state index contributed by atoms with van der Waals surface area (Å²) in [5.41, 5.74) is -4.22. The van der Waals surface area contributed by atoms with Crippen molar-refractivity contribution in [1.82, 2.24) is 10.6 Å². The van der Waals surface area contributed by atoms with E-state index in [1.54, 1.807) is 0 Å². The average Bonchev–Trinajstić information content (AvgIpc) is 2.11.